The summed E-state index contributed by atoms with van der Waals surface area (Å²) in [4.78, 5) is 12.4. The monoisotopic (exact) mass is 359 g/mol. The van der Waals surface area contributed by atoms with Crippen LogP contribution < -0.4 is 14.8 Å². The average Bonchev–Trinajstić information content (AvgIpc) is 3.25. The second kappa shape index (κ2) is 6.10. The molecule has 0 spiro atoms. The Labute approximate surface area is 146 Å². The molecule has 1 N–H and O–H groups in total. The van der Waals surface area contributed by atoms with E-state index in [4.69, 9.17) is 21.1 Å². The molecular weight excluding hydrogens is 349 g/mol. The van der Waals surface area contributed by atoms with E-state index in [1.165, 1.54) is 16.8 Å². The number of rotatable bonds is 3. The lowest BCUT2D eigenvalue weighted by Gasteiger charge is -2.07. The van der Waals surface area contributed by atoms with E-state index in [-0.39, 0.29) is 18.3 Å². The van der Waals surface area contributed by atoms with E-state index < -0.39 is 5.91 Å². The van der Waals surface area contributed by atoms with Crippen molar-refractivity contribution in [3.8, 4) is 17.2 Å². The lowest BCUT2D eigenvalue weighted by Crippen LogP contribution is -2.13. The first-order valence-corrected chi connectivity index (χ1v) is 7.70. The van der Waals surface area contributed by atoms with Crippen molar-refractivity contribution in [2.24, 2.45) is 0 Å². The van der Waals surface area contributed by atoms with Crippen molar-refractivity contribution in [1.82, 2.24) is 9.78 Å². The molecule has 0 unspecified atom stereocenters. The normalized spacial score (nSPS) is 12.2. The molecule has 0 fully saturated rings. The number of nitrogens with zero attached hydrogens (tertiary/aromatic N) is 2. The smallest absolute Gasteiger partial charge is 0.276 e. The molecule has 1 aromatic heterocycles. The van der Waals surface area contributed by atoms with Gasteiger partial charge in [-0.3, -0.25) is 4.79 Å². The van der Waals surface area contributed by atoms with E-state index in [2.05, 4.69) is 10.4 Å². The van der Waals surface area contributed by atoms with Crippen LogP contribution in [-0.4, -0.2) is 22.5 Å². The fourth-order valence-corrected chi connectivity index (χ4v) is 2.58. The highest BCUT2D eigenvalue weighted by molar-refractivity contribution is 6.34. The van der Waals surface area contributed by atoms with Gasteiger partial charge in [0, 0.05) is 18.3 Å². The lowest BCUT2D eigenvalue weighted by atomic mass is 10.2. The number of carbonyl (C=O) groups excluding carboxylic acids is 1. The summed E-state index contributed by atoms with van der Waals surface area (Å²) in [6, 6.07) is 10.5. The molecule has 4 rings (SSSR count). The van der Waals surface area contributed by atoms with E-state index in [1.54, 1.807) is 36.5 Å². The van der Waals surface area contributed by atoms with Crippen molar-refractivity contribution < 1.29 is 18.7 Å². The molecule has 0 aliphatic carbocycles. The summed E-state index contributed by atoms with van der Waals surface area (Å²) in [5.74, 6) is 0.271. The van der Waals surface area contributed by atoms with Gasteiger partial charge in [-0.25, -0.2) is 9.07 Å². The molecule has 0 atom stereocenters. The van der Waals surface area contributed by atoms with Crippen LogP contribution in [0.1, 0.15) is 10.5 Å². The molecule has 126 valence electrons. The third-order valence-electron chi connectivity index (χ3n) is 3.62. The van der Waals surface area contributed by atoms with Crippen LogP contribution in [0, 0.1) is 5.82 Å². The Morgan fingerprint density at radius 1 is 1.16 bits per heavy atom. The Balaban J connectivity index is 1.55. The van der Waals surface area contributed by atoms with Gasteiger partial charge >= 0.3 is 0 Å². The van der Waals surface area contributed by atoms with Crippen molar-refractivity contribution in [3.05, 3.63) is 65.2 Å². The minimum absolute atomic E-state index is 0.116. The highest BCUT2D eigenvalue weighted by Crippen LogP contribution is 2.39. The van der Waals surface area contributed by atoms with Crippen molar-refractivity contribution in [1.29, 1.82) is 0 Å². The molecule has 1 aliphatic heterocycles. The first-order chi connectivity index (χ1) is 12.1. The molecule has 1 amide bonds. The fourth-order valence-electron chi connectivity index (χ4n) is 2.38. The van der Waals surface area contributed by atoms with E-state index in [0.29, 0.717) is 27.9 Å². The third kappa shape index (κ3) is 3.01. The molecule has 0 bridgehead atoms. The van der Waals surface area contributed by atoms with Gasteiger partial charge in [-0.1, -0.05) is 11.6 Å². The number of nitrogens with one attached hydrogen (secondary N) is 1. The van der Waals surface area contributed by atoms with Gasteiger partial charge in [0.25, 0.3) is 5.91 Å². The molecule has 0 radical (unpaired) electrons. The maximum absolute atomic E-state index is 13.0. The summed E-state index contributed by atoms with van der Waals surface area (Å²) in [5, 5.41) is 7.21. The van der Waals surface area contributed by atoms with Gasteiger partial charge in [0.2, 0.25) is 6.79 Å². The predicted molar refractivity (Wildman–Crippen MR) is 89.1 cm³/mol. The molecule has 6 nitrogen and oxygen atoms in total. The number of carbonyl (C=O) groups is 1. The maximum Gasteiger partial charge on any atom is 0.276 e. The number of amides is 1. The lowest BCUT2D eigenvalue weighted by molar-refractivity contribution is 0.102. The van der Waals surface area contributed by atoms with E-state index >= 15 is 0 Å². The molecule has 0 saturated heterocycles. The first-order valence-electron chi connectivity index (χ1n) is 7.32. The topological polar surface area (TPSA) is 65.4 Å². The number of hydrogen-bond donors (Lipinski definition) is 1. The molecule has 1 aliphatic rings. The van der Waals surface area contributed by atoms with Gasteiger partial charge < -0.3 is 14.8 Å². The van der Waals surface area contributed by atoms with Gasteiger partial charge in [0.05, 0.1) is 16.4 Å². The second-order valence-electron chi connectivity index (χ2n) is 5.26. The number of anilines is 1. The van der Waals surface area contributed by atoms with Crippen LogP contribution in [0.15, 0.2) is 48.7 Å². The number of fused-ring (bicyclic) bond motifs is 1. The van der Waals surface area contributed by atoms with Crippen LogP contribution >= 0.6 is 11.6 Å². The van der Waals surface area contributed by atoms with Crippen LogP contribution in [0.5, 0.6) is 11.5 Å². The zero-order valence-electron chi connectivity index (χ0n) is 12.7. The van der Waals surface area contributed by atoms with Crippen molar-refractivity contribution >= 4 is 23.2 Å². The number of ether oxygens (including phenoxy) is 2. The summed E-state index contributed by atoms with van der Waals surface area (Å²) in [7, 11) is 0. The molecule has 8 heteroatoms. The standard InChI is InChI=1S/C17H11ClFN3O3/c18-12-7-15-16(25-9-24-15)8-14(12)20-17(23)13-5-6-22(21-13)11-3-1-10(19)2-4-11/h1-8H,9H2,(H,20,23). The minimum atomic E-state index is -0.429. The Morgan fingerprint density at radius 2 is 1.88 bits per heavy atom. The SMILES string of the molecule is O=C(Nc1cc2c(cc1Cl)OCO2)c1ccn(-c2ccc(F)cc2)n1. The molecule has 0 saturated carbocycles. The van der Waals surface area contributed by atoms with Gasteiger partial charge in [-0.15, -0.1) is 0 Å². The number of aromatic nitrogens is 2. The summed E-state index contributed by atoms with van der Waals surface area (Å²) in [5.41, 5.74) is 1.23. The van der Waals surface area contributed by atoms with E-state index in [1.807, 2.05) is 0 Å². The Morgan fingerprint density at radius 3 is 2.64 bits per heavy atom. The summed E-state index contributed by atoms with van der Waals surface area (Å²) in [6.07, 6.45) is 1.61. The van der Waals surface area contributed by atoms with Crippen molar-refractivity contribution in [3.63, 3.8) is 0 Å². The van der Waals surface area contributed by atoms with Gasteiger partial charge in [0.15, 0.2) is 17.2 Å². The van der Waals surface area contributed by atoms with Crippen molar-refractivity contribution in [2.45, 2.75) is 0 Å². The van der Waals surface area contributed by atoms with Crippen LogP contribution in [0.25, 0.3) is 5.69 Å². The number of benzene rings is 2. The summed E-state index contributed by atoms with van der Waals surface area (Å²) >= 11 is 6.14. The second-order valence-corrected chi connectivity index (χ2v) is 5.67. The minimum Gasteiger partial charge on any atom is -0.454 e. The highest BCUT2D eigenvalue weighted by Gasteiger charge is 2.19. The molecule has 3 aromatic rings. The van der Waals surface area contributed by atoms with Crippen LogP contribution in [0.4, 0.5) is 10.1 Å². The largest absolute Gasteiger partial charge is 0.454 e. The Hall–Kier alpha value is -3.06. The number of halogens is 2. The molecular formula is C17H11ClFN3O3. The zero-order valence-corrected chi connectivity index (χ0v) is 13.5. The zero-order chi connectivity index (χ0) is 17.4. The predicted octanol–water partition coefficient (Wildman–Crippen LogP) is 3.65. The van der Waals surface area contributed by atoms with E-state index in [0.717, 1.165) is 0 Å². The van der Waals surface area contributed by atoms with Gasteiger partial charge in [-0.2, -0.15) is 5.10 Å². The first kappa shape index (κ1) is 15.5. The Bertz CT molecular complexity index is 956. The summed E-state index contributed by atoms with van der Waals surface area (Å²) in [6.45, 7) is 0.116. The van der Waals surface area contributed by atoms with Crippen LogP contribution in [0.3, 0.4) is 0 Å². The van der Waals surface area contributed by atoms with Crippen LogP contribution in [0.2, 0.25) is 5.02 Å². The molecule has 2 aromatic carbocycles. The average molecular weight is 360 g/mol. The summed E-state index contributed by atoms with van der Waals surface area (Å²) < 4.78 is 25.0. The third-order valence-corrected chi connectivity index (χ3v) is 3.94. The molecule has 25 heavy (non-hydrogen) atoms. The van der Waals surface area contributed by atoms with Crippen LogP contribution in [-0.2, 0) is 0 Å². The number of hydrogen-bond acceptors (Lipinski definition) is 4. The highest BCUT2D eigenvalue weighted by atomic mass is 35.5. The van der Waals surface area contributed by atoms with Gasteiger partial charge in [0.1, 0.15) is 5.82 Å². The fraction of sp³-hybridized carbons (Fsp3) is 0.0588. The van der Waals surface area contributed by atoms with E-state index in [9.17, 15) is 9.18 Å². The molecule has 2 heterocycles. The van der Waals surface area contributed by atoms with Gasteiger partial charge in [-0.05, 0) is 30.3 Å². The Kier molecular flexibility index (Phi) is 3.77. The van der Waals surface area contributed by atoms with Crippen molar-refractivity contribution in [2.75, 3.05) is 12.1 Å². The quantitative estimate of drug-likeness (QED) is 0.775. The maximum atomic E-state index is 13.0.